The largest absolute Gasteiger partial charge is 0.497 e. The maximum Gasteiger partial charge on any atom is 0.130 e. The standard InChI is InChI=1S/C15H20N2O3/c1-4-17-13(7-11(2)16-17)10-20-15-6-5-14(19-3)8-12(15)9-18/h5-8,18H,4,9-10H2,1-3H3. The summed E-state index contributed by atoms with van der Waals surface area (Å²) in [4.78, 5) is 0. The summed E-state index contributed by atoms with van der Waals surface area (Å²) < 4.78 is 12.8. The van der Waals surface area contributed by atoms with Crippen LogP contribution in [-0.4, -0.2) is 22.0 Å². The van der Waals surface area contributed by atoms with Gasteiger partial charge in [0.05, 0.1) is 25.1 Å². The molecule has 0 aliphatic rings. The molecule has 0 saturated heterocycles. The summed E-state index contributed by atoms with van der Waals surface area (Å²) in [6.45, 7) is 5.15. The number of ether oxygens (including phenoxy) is 2. The minimum Gasteiger partial charge on any atom is -0.497 e. The van der Waals surface area contributed by atoms with E-state index in [1.807, 2.05) is 36.7 Å². The number of nitrogens with zero attached hydrogens (tertiary/aromatic N) is 2. The maximum atomic E-state index is 9.39. The Bertz CT molecular complexity index is 578. The fraction of sp³-hybridized carbons (Fsp3) is 0.400. The van der Waals surface area contributed by atoms with Crippen LogP contribution in [0, 0.1) is 6.92 Å². The van der Waals surface area contributed by atoms with Gasteiger partial charge in [0.15, 0.2) is 0 Å². The van der Waals surface area contributed by atoms with Crippen LogP contribution in [0.15, 0.2) is 24.3 Å². The first kappa shape index (κ1) is 14.4. The SMILES string of the molecule is CCn1nc(C)cc1COc1ccc(OC)cc1CO. The van der Waals surface area contributed by atoms with Gasteiger partial charge in [0, 0.05) is 12.1 Å². The summed E-state index contributed by atoms with van der Waals surface area (Å²) in [6, 6.07) is 7.41. The van der Waals surface area contributed by atoms with E-state index in [1.54, 1.807) is 13.2 Å². The van der Waals surface area contributed by atoms with Crippen molar-refractivity contribution in [2.75, 3.05) is 7.11 Å². The third kappa shape index (κ3) is 3.11. The number of rotatable bonds is 6. The van der Waals surface area contributed by atoms with E-state index in [0.29, 0.717) is 23.7 Å². The van der Waals surface area contributed by atoms with Gasteiger partial charge in [-0.25, -0.2) is 0 Å². The first-order valence-electron chi connectivity index (χ1n) is 6.61. The number of benzene rings is 1. The van der Waals surface area contributed by atoms with Crippen LogP contribution in [0.2, 0.25) is 0 Å². The Balaban J connectivity index is 2.14. The van der Waals surface area contributed by atoms with Gasteiger partial charge in [0.25, 0.3) is 0 Å². The molecule has 0 unspecified atom stereocenters. The second-order valence-corrected chi connectivity index (χ2v) is 4.51. The fourth-order valence-electron chi connectivity index (χ4n) is 2.09. The van der Waals surface area contributed by atoms with E-state index in [0.717, 1.165) is 17.9 Å². The van der Waals surface area contributed by atoms with Crippen LogP contribution in [0.3, 0.4) is 0 Å². The predicted molar refractivity (Wildman–Crippen MR) is 75.9 cm³/mol. The van der Waals surface area contributed by atoms with Crippen LogP contribution >= 0.6 is 0 Å². The number of aromatic nitrogens is 2. The van der Waals surface area contributed by atoms with E-state index in [9.17, 15) is 5.11 Å². The number of aliphatic hydroxyl groups excluding tert-OH is 1. The quantitative estimate of drug-likeness (QED) is 0.879. The highest BCUT2D eigenvalue weighted by atomic mass is 16.5. The van der Waals surface area contributed by atoms with E-state index in [2.05, 4.69) is 5.10 Å². The lowest BCUT2D eigenvalue weighted by atomic mass is 10.2. The van der Waals surface area contributed by atoms with Crippen LogP contribution in [0.5, 0.6) is 11.5 Å². The van der Waals surface area contributed by atoms with Crippen molar-refractivity contribution in [3.8, 4) is 11.5 Å². The Morgan fingerprint density at radius 1 is 1.30 bits per heavy atom. The average Bonchev–Trinajstić information content (AvgIpc) is 2.85. The molecule has 0 aliphatic carbocycles. The van der Waals surface area contributed by atoms with Crippen molar-refractivity contribution >= 4 is 0 Å². The molecule has 0 saturated carbocycles. The van der Waals surface area contributed by atoms with Crippen molar-refractivity contribution in [3.63, 3.8) is 0 Å². The molecule has 0 aliphatic heterocycles. The minimum absolute atomic E-state index is 0.0847. The normalized spacial score (nSPS) is 10.6. The highest BCUT2D eigenvalue weighted by Crippen LogP contribution is 2.25. The van der Waals surface area contributed by atoms with Crippen molar-refractivity contribution in [2.45, 2.75) is 33.6 Å². The molecule has 5 heteroatoms. The lowest BCUT2D eigenvalue weighted by molar-refractivity contribution is 0.253. The van der Waals surface area contributed by atoms with E-state index >= 15 is 0 Å². The molecule has 5 nitrogen and oxygen atoms in total. The van der Waals surface area contributed by atoms with Crippen LogP contribution in [0.1, 0.15) is 23.9 Å². The highest BCUT2D eigenvalue weighted by Gasteiger charge is 2.08. The van der Waals surface area contributed by atoms with Gasteiger partial charge in [-0.2, -0.15) is 5.10 Å². The molecule has 1 aromatic carbocycles. The average molecular weight is 276 g/mol. The monoisotopic (exact) mass is 276 g/mol. The number of methoxy groups -OCH3 is 1. The topological polar surface area (TPSA) is 56.5 Å². The Morgan fingerprint density at radius 2 is 2.10 bits per heavy atom. The van der Waals surface area contributed by atoms with Crippen LogP contribution in [0.4, 0.5) is 0 Å². The third-order valence-corrected chi connectivity index (χ3v) is 3.10. The minimum atomic E-state index is -0.0847. The first-order valence-corrected chi connectivity index (χ1v) is 6.61. The van der Waals surface area contributed by atoms with Crippen LogP contribution in [0.25, 0.3) is 0 Å². The van der Waals surface area contributed by atoms with E-state index < -0.39 is 0 Å². The molecule has 1 heterocycles. The van der Waals surface area contributed by atoms with Gasteiger partial charge in [-0.15, -0.1) is 0 Å². The molecule has 0 amide bonds. The summed E-state index contributed by atoms with van der Waals surface area (Å²) in [5.41, 5.74) is 2.70. The van der Waals surface area contributed by atoms with Crippen LogP contribution < -0.4 is 9.47 Å². The molecule has 2 rings (SSSR count). The summed E-state index contributed by atoms with van der Waals surface area (Å²) in [5, 5.41) is 13.8. The van der Waals surface area contributed by atoms with Gasteiger partial charge < -0.3 is 14.6 Å². The summed E-state index contributed by atoms with van der Waals surface area (Å²) in [5.74, 6) is 1.37. The molecule has 0 spiro atoms. The molecule has 0 fully saturated rings. The van der Waals surface area contributed by atoms with E-state index in [4.69, 9.17) is 9.47 Å². The molecule has 0 atom stereocenters. The van der Waals surface area contributed by atoms with Gasteiger partial charge in [0.1, 0.15) is 18.1 Å². The Labute approximate surface area is 118 Å². The zero-order valence-corrected chi connectivity index (χ0v) is 12.1. The first-order chi connectivity index (χ1) is 9.67. The number of hydrogen-bond donors (Lipinski definition) is 1. The maximum absolute atomic E-state index is 9.39. The zero-order chi connectivity index (χ0) is 14.5. The second-order valence-electron chi connectivity index (χ2n) is 4.51. The van der Waals surface area contributed by atoms with Crippen molar-refractivity contribution in [2.24, 2.45) is 0 Å². The molecular formula is C15H20N2O3. The Hall–Kier alpha value is -2.01. The molecule has 0 radical (unpaired) electrons. The van der Waals surface area contributed by atoms with E-state index in [1.165, 1.54) is 0 Å². The lowest BCUT2D eigenvalue weighted by Crippen LogP contribution is -2.07. The molecular weight excluding hydrogens is 256 g/mol. The summed E-state index contributed by atoms with van der Waals surface area (Å²) in [7, 11) is 1.60. The highest BCUT2D eigenvalue weighted by molar-refractivity contribution is 5.40. The molecule has 20 heavy (non-hydrogen) atoms. The Kier molecular flexibility index (Phi) is 4.63. The smallest absolute Gasteiger partial charge is 0.130 e. The zero-order valence-electron chi connectivity index (χ0n) is 12.1. The van der Waals surface area contributed by atoms with Gasteiger partial charge in [-0.05, 0) is 38.1 Å². The van der Waals surface area contributed by atoms with Crippen molar-refractivity contribution in [3.05, 3.63) is 41.2 Å². The molecule has 2 aromatic rings. The predicted octanol–water partition coefficient (Wildman–Crippen LogP) is 2.29. The summed E-state index contributed by atoms with van der Waals surface area (Å²) >= 11 is 0. The van der Waals surface area contributed by atoms with Crippen molar-refractivity contribution in [1.82, 2.24) is 9.78 Å². The van der Waals surface area contributed by atoms with Gasteiger partial charge in [-0.1, -0.05) is 0 Å². The van der Waals surface area contributed by atoms with Gasteiger partial charge in [-0.3, -0.25) is 4.68 Å². The third-order valence-electron chi connectivity index (χ3n) is 3.10. The second kappa shape index (κ2) is 6.43. The lowest BCUT2D eigenvalue weighted by Gasteiger charge is -2.12. The van der Waals surface area contributed by atoms with Gasteiger partial charge in [0.2, 0.25) is 0 Å². The Morgan fingerprint density at radius 3 is 2.75 bits per heavy atom. The van der Waals surface area contributed by atoms with Crippen LogP contribution in [-0.2, 0) is 19.8 Å². The molecule has 1 N–H and O–H groups in total. The molecule has 108 valence electrons. The number of aliphatic hydroxyl groups is 1. The molecule has 1 aromatic heterocycles. The summed E-state index contributed by atoms with van der Waals surface area (Å²) in [6.07, 6.45) is 0. The van der Waals surface area contributed by atoms with Crippen molar-refractivity contribution < 1.29 is 14.6 Å². The number of aryl methyl sites for hydroxylation is 2. The van der Waals surface area contributed by atoms with Gasteiger partial charge >= 0.3 is 0 Å². The van der Waals surface area contributed by atoms with Crippen molar-refractivity contribution in [1.29, 1.82) is 0 Å². The van der Waals surface area contributed by atoms with E-state index in [-0.39, 0.29) is 6.61 Å². The fourth-order valence-corrected chi connectivity index (χ4v) is 2.09. The molecule has 0 bridgehead atoms. The number of hydrogen-bond acceptors (Lipinski definition) is 4.